The molecule has 0 aliphatic carbocycles. The van der Waals surface area contributed by atoms with Crippen molar-refractivity contribution in [1.82, 2.24) is 0 Å². The number of hydrogen-bond acceptors (Lipinski definition) is 2. The average molecular weight is 296 g/mol. The van der Waals surface area contributed by atoms with Gasteiger partial charge in [-0.2, -0.15) is 0 Å². The minimum Gasteiger partial charge on any atom is -0.324 e. The van der Waals surface area contributed by atoms with Crippen LogP contribution in [0.1, 0.15) is 24.1 Å². The third-order valence-electron chi connectivity index (χ3n) is 2.80. The number of thioether (sulfide) groups is 1. The first-order valence-electron chi connectivity index (χ1n) is 5.98. The molecule has 1 atom stereocenters. The summed E-state index contributed by atoms with van der Waals surface area (Å²) in [5.74, 6) is 0.345. The third kappa shape index (κ3) is 3.96. The summed E-state index contributed by atoms with van der Waals surface area (Å²) in [4.78, 5) is 1.14. The van der Waals surface area contributed by atoms with Crippen molar-refractivity contribution in [3.05, 3.63) is 64.4 Å². The van der Waals surface area contributed by atoms with Crippen LogP contribution in [0.5, 0.6) is 0 Å². The fraction of sp³-hybridized carbons (Fsp3) is 0.200. The predicted molar refractivity (Wildman–Crippen MR) is 80.0 cm³/mol. The van der Waals surface area contributed by atoms with Crippen molar-refractivity contribution in [2.75, 3.05) is 0 Å². The van der Waals surface area contributed by atoms with Crippen molar-refractivity contribution < 1.29 is 4.39 Å². The smallest absolute Gasteiger partial charge is 0.142 e. The Kier molecular flexibility index (Phi) is 4.86. The largest absolute Gasteiger partial charge is 0.324 e. The number of benzene rings is 2. The number of rotatable bonds is 4. The molecule has 2 N–H and O–H groups in total. The topological polar surface area (TPSA) is 26.0 Å². The van der Waals surface area contributed by atoms with Crippen LogP contribution in [0.2, 0.25) is 5.02 Å². The molecular formula is C15H15ClFNS. The molecule has 19 heavy (non-hydrogen) atoms. The summed E-state index contributed by atoms with van der Waals surface area (Å²) >= 11 is 7.31. The maximum atomic E-state index is 13.3. The van der Waals surface area contributed by atoms with Crippen molar-refractivity contribution in [3.8, 4) is 0 Å². The second-order valence-corrected chi connectivity index (χ2v) is 5.85. The van der Waals surface area contributed by atoms with Gasteiger partial charge in [0.25, 0.3) is 0 Å². The van der Waals surface area contributed by atoms with E-state index in [0.29, 0.717) is 5.75 Å². The van der Waals surface area contributed by atoms with E-state index in [1.54, 1.807) is 17.8 Å². The molecule has 2 aromatic carbocycles. The number of nitrogens with two attached hydrogens (primary N) is 1. The summed E-state index contributed by atoms with van der Waals surface area (Å²) in [6, 6.07) is 13.1. The molecule has 4 heteroatoms. The van der Waals surface area contributed by atoms with Crippen LogP contribution in [0, 0.1) is 5.82 Å². The zero-order valence-electron chi connectivity index (χ0n) is 10.6. The normalized spacial score (nSPS) is 12.4. The molecule has 1 nitrogen and oxygen atoms in total. The predicted octanol–water partition coefficient (Wildman–Crippen LogP) is 4.79. The Labute approximate surface area is 122 Å². The maximum Gasteiger partial charge on any atom is 0.142 e. The molecule has 2 aromatic rings. The van der Waals surface area contributed by atoms with Gasteiger partial charge in [0.15, 0.2) is 0 Å². The highest BCUT2D eigenvalue weighted by Crippen LogP contribution is 2.25. The standard InChI is InChI=1S/C15H15ClFNS/c1-10(18)12-3-5-13(6-4-12)19-9-11-2-7-14(16)15(17)8-11/h2-8,10H,9,18H2,1H3. The lowest BCUT2D eigenvalue weighted by Gasteiger charge is -2.07. The molecule has 0 saturated carbocycles. The zero-order valence-corrected chi connectivity index (χ0v) is 12.1. The van der Waals surface area contributed by atoms with E-state index in [9.17, 15) is 4.39 Å². The molecule has 100 valence electrons. The quantitative estimate of drug-likeness (QED) is 0.821. The van der Waals surface area contributed by atoms with Crippen molar-refractivity contribution in [2.45, 2.75) is 23.6 Å². The molecule has 0 spiro atoms. The molecule has 0 bridgehead atoms. The van der Waals surface area contributed by atoms with E-state index in [1.165, 1.54) is 6.07 Å². The Morgan fingerprint density at radius 2 is 1.89 bits per heavy atom. The van der Waals surface area contributed by atoms with Gasteiger partial charge < -0.3 is 5.73 Å². The lowest BCUT2D eigenvalue weighted by atomic mass is 10.1. The first-order chi connectivity index (χ1) is 9.06. The van der Waals surface area contributed by atoms with Gasteiger partial charge in [0.1, 0.15) is 5.82 Å². The average Bonchev–Trinajstić information content (AvgIpc) is 2.40. The molecule has 0 aliphatic heterocycles. The van der Waals surface area contributed by atoms with Crippen LogP contribution >= 0.6 is 23.4 Å². The lowest BCUT2D eigenvalue weighted by Crippen LogP contribution is -2.04. The van der Waals surface area contributed by atoms with E-state index in [0.717, 1.165) is 16.0 Å². The van der Waals surface area contributed by atoms with Crippen LogP contribution in [-0.4, -0.2) is 0 Å². The monoisotopic (exact) mass is 295 g/mol. The third-order valence-corrected chi connectivity index (χ3v) is 4.19. The van der Waals surface area contributed by atoms with Crippen LogP contribution in [0.15, 0.2) is 47.4 Å². The molecule has 0 amide bonds. The lowest BCUT2D eigenvalue weighted by molar-refractivity contribution is 0.627. The highest BCUT2D eigenvalue weighted by molar-refractivity contribution is 7.98. The van der Waals surface area contributed by atoms with Gasteiger partial charge in [-0.05, 0) is 42.3 Å². The highest BCUT2D eigenvalue weighted by atomic mass is 35.5. The van der Waals surface area contributed by atoms with Crippen molar-refractivity contribution in [2.24, 2.45) is 5.73 Å². The number of hydrogen-bond donors (Lipinski definition) is 1. The second kappa shape index (κ2) is 6.42. The summed E-state index contributed by atoms with van der Waals surface area (Å²) in [6.45, 7) is 1.96. The van der Waals surface area contributed by atoms with Crippen LogP contribution in [-0.2, 0) is 5.75 Å². The van der Waals surface area contributed by atoms with Crippen LogP contribution < -0.4 is 5.73 Å². The molecule has 0 fully saturated rings. The van der Waals surface area contributed by atoms with E-state index in [-0.39, 0.29) is 16.9 Å². The Morgan fingerprint density at radius 3 is 2.47 bits per heavy atom. The molecule has 0 heterocycles. The van der Waals surface area contributed by atoms with Crippen molar-refractivity contribution >= 4 is 23.4 Å². The zero-order chi connectivity index (χ0) is 13.8. The van der Waals surface area contributed by atoms with Gasteiger partial charge in [-0.3, -0.25) is 0 Å². The summed E-state index contributed by atoms with van der Waals surface area (Å²) in [5, 5.41) is 0.162. The molecular weight excluding hydrogens is 281 g/mol. The van der Waals surface area contributed by atoms with Gasteiger partial charge in [-0.1, -0.05) is 29.8 Å². The number of halogens is 2. The Balaban J connectivity index is 2.00. The van der Waals surface area contributed by atoms with Gasteiger partial charge >= 0.3 is 0 Å². The van der Waals surface area contributed by atoms with Gasteiger partial charge in [-0.25, -0.2) is 4.39 Å². The van der Waals surface area contributed by atoms with E-state index in [2.05, 4.69) is 0 Å². The summed E-state index contributed by atoms with van der Waals surface area (Å²) < 4.78 is 13.3. The van der Waals surface area contributed by atoms with Crippen molar-refractivity contribution in [3.63, 3.8) is 0 Å². The fourth-order valence-electron chi connectivity index (χ4n) is 1.66. The summed E-state index contributed by atoms with van der Waals surface area (Å²) in [5.41, 5.74) is 7.83. The SMILES string of the molecule is CC(N)c1ccc(SCc2ccc(Cl)c(F)c2)cc1. The first-order valence-corrected chi connectivity index (χ1v) is 7.35. The van der Waals surface area contributed by atoms with E-state index in [1.807, 2.05) is 37.3 Å². The van der Waals surface area contributed by atoms with Crippen LogP contribution in [0.3, 0.4) is 0 Å². The molecule has 0 radical (unpaired) electrons. The Morgan fingerprint density at radius 1 is 1.21 bits per heavy atom. The molecule has 0 aromatic heterocycles. The second-order valence-electron chi connectivity index (χ2n) is 4.39. The Hall–Kier alpha value is -1.03. The summed E-state index contributed by atoms with van der Waals surface area (Å²) in [7, 11) is 0. The van der Waals surface area contributed by atoms with Crippen LogP contribution in [0.25, 0.3) is 0 Å². The van der Waals surface area contributed by atoms with Gasteiger partial charge in [0, 0.05) is 16.7 Å². The first kappa shape index (κ1) is 14.4. The summed E-state index contributed by atoms with van der Waals surface area (Å²) in [6.07, 6.45) is 0. The Bertz CT molecular complexity index is 555. The van der Waals surface area contributed by atoms with E-state index < -0.39 is 0 Å². The maximum absolute atomic E-state index is 13.3. The van der Waals surface area contributed by atoms with E-state index in [4.69, 9.17) is 17.3 Å². The molecule has 1 unspecified atom stereocenters. The van der Waals surface area contributed by atoms with E-state index >= 15 is 0 Å². The molecule has 2 rings (SSSR count). The van der Waals surface area contributed by atoms with Gasteiger partial charge in [0.2, 0.25) is 0 Å². The van der Waals surface area contributed by atoms with Crippen LogP contribution in [0.4, 0.5) is 4.39 Å². The highest BCUT2D eigenvalue weighted by Gasteiger charge is 2.03. The molecule has 0 saturated heterocycles. The molecule has 0 aliphatic rings. The minimum atomic E-state index is -0.368. The van der Waals surface area contributed by atoms with Gasteiger partial charge in [-0.15, -0.1) is 11.8 Å². The van der Waals surface area contributed by atoms with Gasteiger partial charge in [0.05, 0.1) is 5.02 Å². The van der Waals surface area contributed by atoms with Crippen molar-refractivity contribution in [1.29, 1.82) is 0 Å². The minimum absolute atomic E-state index is 0.0458. The fourth-order valence-corrected chi connectivity index (χ4v) is 2.62.